The molecule has 2 rings (SSSR count). The number of hydrogen-bond acceptors (Lipinski definition) is 4. The minimum absolute atomic E-state index is 0.00547. The molecule has 1 saturated heterocycles. The largest absolute Gasteiger partial charge is 0.478 e. The predicted molar refractivity (Wildman–Crippen MR) is 80.1 cm³/mol. The first kappa shape index (κ1) is 16.7. The first-order valence-electron chi connectivity index (χ1n) is 6.05. The summed E-state index contributed by atoms with van der Waals surface area (Å²) in [5.41, 5.74) is -1.30. The van der Waals surface area contributed by atoms with Crippen LogP contribution in [-0.2, 0) is 10.0 Å². The summed E-state index contributed by atoms with van der Waals surface area (Å²) in [6.07, 6.45) is 0.448. The van der Waals surface area contributed by atoms with Crippen LogP contribution in [-0.4, -0.2) is 47.6 Å². The molecule has 1 heterocycles. The number of aromatic carboxylic acids is 1. The molecule has 1 aliphatic rings. The van der Waals surface area contributed by atoms with Crippen molar-refractivity contribution >= 4 is 43.5 Å². The van der Waals surface area contributed by atoms with E-state index in [9.17, 15) is 18.3 Å². The van der Waals surface area contributed by atoms with Gasteiger partial charge in [0.1, 0.15) is 0 Å². The molecular formula is C12H13BrClNO5S. The second-order valence-corrected chi connectivity index (χ2v) is 8.09. The summed E-state index contributed by atoms with van der Waals surface area (Å²) in [4.78, 5) is 10.9. The van der Waals surface area contributed by atoms with Crippen LogP contribution in [0, 0.1) is 0 Å². The van der Waals surface area contributed by atoms with Crippen LogP contribution in [0.1, 0.15) is 23.7 Å². The molecule has 1 aliphatic heterocycles. The van der Waals surface area contributed by atoms with Gasteiger partial charge in [0.2, 0.25) is 10.0 Å². The van der Waals surface area contributed by atoms with E-state index < -0.39 is 21.6 Å². The molecule has 0 atom stereocenters. The van der Waals surface area contributed by atoms with Gasteiger partial charge in [-0.05, 0) is 34.5 Å². The standard InChI is InChI=1S/C12H13BrClNO5S/c1-2-12(18)5-15(6-12)21(19,20)7-3-8(11(16)17)10(14)9(13)4-7/h3-4,18H,2,5-6H2,1H3,(H,16,17). The second-order valence-electron chi connectivity index (χ2n) is 4.92. The van der Waals surface area contributed by atoms with Crippen molar-refractivity contribution in [1.82, 2.24) is 4.31 Å². The average molecular weight is 399 g/mol. The molecule has 6 nitrogen and oxygen atoms in total. The molecule has 0 unspecified atom stereocenters. The van der Waals surface area contributed by atoms with Gasteiger partial charge in [-0.15, -0.1) is 0 Å². The Balaban J connectivity index is 2.41. The SMILES string of the molecule is CCC1(O)CN(S(=O)(=O)c2cc(Br)c(Cl)c(C(=O)O)c2)C1. The number of carboxylic acid groups (broad SMARTS) is 1. The Kier molecular flexibility index (Phi) is 4.38. The molecule has 1 aromatic rings. The van der Waals surface area contributed by atoms with Crippen LogP contribution in [0.25, 0.3) is 0 Å². The number of halogens is 2. The highest BCUT2D eigenvalue weighted by molar-refractivity contribution is 9.10. The van der Waals surface area contributed by atoms with Crippen LogP contribution in [0.5, 0.6) is 0 Å². The van der Waals surface area contributed by atoms with Crippen LogP contribution in [0.2, 0.25) is 5.02 Å². The number of aliphatic hydroxyl groups is 1. The third kappa shape index (κ3) is 2.95. The number of rotatable bonds is 4. The van der Waals surface area contributed by atoms with E-state index in [1.54, 1.807) is 6.92 Å². The van der Waals surface area contributed by atoms with Gasteiger partial charge in [0.05, 0.1) is 21.1 Å². The molecule has 1 aromatic carbocycles. The van der Waals surface area contributed by atoms with Gasteiger partial charge in [0.25, 0.3) is 0 Å². The van der Waals surface area contributed by atoms with Crippen molar-refractivity contribution in [2.45, 2.75) is 23.8 Å². The van der Waals surface area contributed by atoms with Crippen LogP contribution in [0.15, 0.2) is 21.5 Å². The monoisotopic (exact) mass is 397 g/mol. The second kappa shape index (κ2) is 5.51. The smallest absolute Gasteiger partial charge is 0.337 e. The maximum Gasteiger partial charge on any atom is 0.337 e. The highest BCUT2D eigenvalue weighted by Crippen LogP contribution is 2.34. The van der Waals surface area contributed by atoms with Gasteiger partial charge in [0, 0.05) is 17.6 Å². The van der Waals surface area contributed by atoms with Crippen LogP contribution < -0.4 is 0 Å². The molecule has 116 valence electrons. The Morgan fingerprint density at radius 3 is 2.52 bits per heavy atom. The number of β-amino-alcohol motifs (C(OH)–C–C–N with tert-alkyl or cyclic N) is 1. The minimum atomic E-state index is -3.86. The lowest BCUT2D eigenvalue weighted by Crippen LogP contribution is -2.62. The number of carboxylic acids is 1. The van der Waals surface area contributed by atoms with Gasteiger partial charge < -0.3 is 10.2 Å². The Labute approximate surface area is 135 Å². The summed E-state index contributed by atoms with van der Waals surface area (Å²) in [6.45, 7) is 1.76. The zero-order valence-corrected chi connectivity index (χ0v) is 14.2. The lowest BCUT2D eigenvalue weighted by molar-refractivity contribution is -0.0613. The van der Waals surface area contributed by atoms with Gasteiger partial charge in [-0.1, -0.05) is 18.5 Å². The minimum Gasteiger partial charge on any atom is -0.478 e. The Morgan fingerprint density at radius 2 is 2.05 bits per heavy atom. The van der Waals surface area contributed by atoms with E-state index in [1.165, 1.54) is 6.07 Å². The van der Waals surface area contributed by atoms with Crippen molar-refractivity contribution in [2.75, 3.05) is 13.1 Å². The molecule has 1 fully saturated rings. The fourth-order valence-corrected chi connectivity index (χ4v) is 4.48. The molecule has 2 N–H and O–H groups in total. The van der Waals surface area contributed by atoms with E-state index in [0.29, 0.717) is 6.42 Å². The number of hydrogen-bond donors (Lipinski definition) is 2. The van der Waals surface area contributed by atoms with E-state index in [1.807, 2.05) is 0 Å². The highest BCUT2D eigenvalue weighted by atomic mass is 79.9. The van der Waals surface area contributed by atoms with Crippen molar-refractivity contribution < 1.29 is 23.4 Å². The first-order chi connectivity index (χ1) is 9.60. The van der Waals surface area contributed by atoms with Crippen LogP contribution in [0.3, 0.4) is 0 Å². The van der Waals surface area contributed by atoms with Gasteiger partial charge in [-0.3, -0.25) is 0 Å². The van der Waals surface area contributed by atoms with Crippen molar-refractivity contribution in [1.29, 1.82) is 0 Å². The molecule has 0 saturated carbocycles. The Hall–Kier alpha value is -0.670. The van der Waals surface area contributed by atoms with Crippen molar-refractivity contribution in [3.8, 4) is 0 Å². The number of benzene rings is 1. The Morgan fingerprint density at radius 1 is 1.48 bits per heavy atom. The normalized spacial score (nSPS) is 18.3. The average Bonchev–Trinajstić information content (AvgIpc) is 2.37. The molecular weight excluding hydrogens is 386 g/mol. The molecule has 0 spiro atoms. The van der Waals surface area contributed by atoms with E-state index in [-0.39, 0.29) is 33.0 Å². The molecule has 0 aliphatic carbocycles. The maximum atomic E-state index is 12.4. The summed E-state index contributed by atoms with van der Waals surface area (Å²) in [7, 11) is -3.86. The number of sulfonamides is 1. The number of carbonyl (C=O) groups is 1. The van der Waals surface area contributed by atoms with Crippen LogP contribution >= 0.6 is 27.5 Å². The predicted octanol–water partition coefficient (Wildman–Crippen LogP) is 1.95. The first-order valence-corrected chi connectivity index (χ1v) is 8.67. The number of nitrogens with zero attached hydrogens (tertiary/aromatic N) is 1. The lowest BCUT2D eigenvalue weighted by atomic mass is 9.94. The summed E-state index contributed by atoms with van der Waals surface area (Å²) in [5, 5.41) is 18.9. The van der Waals surface area contributed by atoms with E-state index in [4.69, 9.17) is 16.7 Å². The summed E-state index contributed by atoms with van der Waals surface area (Å²) in [6, 6.07) is 2.28. The van der Waals surface area contributed by atoms with E-state index >= 15 is 0 Å². The zero-order valence-electron chi connectivity index (χ0n) is 11.0. The third-order valence-corrected chi connectivity index (χ3v) is 6.50. The maximum absolute atomic E-state index is 12.4. The van der Waals surface area contributed by atoms with E-state index in [0.717, 1.165) is 10.4 Å². The molecule has 9 heteroatoms. The van der Waals surface area contributed by atoms with Crippen LogP contribution in [0.4, 0.5) is 0 Å². The zero-order chi connectivity index (χ0) is 16.0. The molecule has 21 heavy (non-hydrogen) atoms. The summed E-state index contributed by atoms with van der Waals surface area (Å²) >= 11 is 8.88. The molecule has 0 bridgehead atoms. The van der Waals surface area contributed by atoms with E-state index in [2.05, 4.69) is 15.9 Å². The van der Waals surface area contributed by atoms with Crippen molar-refractivity contribution in [2.24, 2.45) is 0 Å². The summed E-state index contributed by atoms with van der Waals surface area (Å²) < 4.78 is 26.1. The van der Waals surface area contributed by atoms with Gasteiger partial charge >= 0.3 is 5.97 Å². The molecule has 0 aromatic heterocycles. The fraction of sp³-hybridized carbons (Fsp3) is 0.417. The Bertz CT molecular complexity index is 700. The quantitative estimate of drug-likeness (QED) is 0.808. The fourth-order valence-electron chi connectivity index (χ4n) is 2.02. The van der Waals surface area contributed by atoms with Gasteiger partial charge in [-0.25, -0.2) is 13.2 Å². The topological polar surface area (TPSA) is 94.9 Å². The molecule has 0 radical (unpaired) electrons. The van der Waals surface area contributed by atoms with Crippen molar-refractivity contribution in [3.63, 3.8) is 0 Å². The van der Waals surface area contributed by atoms with Gasteiger partial charge in [0.15, 0.2) is 0 Å². The lowest BCUT2D eigenvalue weighted by Gasteiger charge is -2.44. The summed E-state index contributed by atoms with van der Waals surface area (Å²) in [5.74, 6) is -1.31. The van der Waals surface area contributed by atoms with Gasteiger partial charge in [-0.2, -0.15) is 4.31 Å². The van der Waals surface area contributed by atoms with Crippen molar-refractivity contribution in [3.05, 3.63) is 27.2 Å². The third-order valence-electron chi connectivity index (χ3n) is 3.47. The molecule has 0 amide bonds. The highest BCUT2D eigenvalue weighted by Gasteiger charge is 2.46.